The van der Waals surface area contributed by atoms with Gasteiger partial charge in [-0.15, -0.1) is 6.42 Å². The van der Waals surface area contributed by atoms with E-state index in [4.69, 9.17) is 25.4 Å². The van der Waals surface area contributed by atoms with Crippen molar-refractivity contribution in [1.82, 2.24) is 9.55 Å². The van der Waals surface area contributed by atoms with Crippen LogP contribution >= 0.6 is 0 Å². The van der Waals surface area contributed by atoms with Gasteiger partial charge in [-0.3, -0.25) is 24.5 Å². The lowest BCUT2D eigenvalue weighted by Gasteiger charge is -2.36. The first-order valence-corrected chi connectivity index (χ1v) is 13.9. The smallest absolute Gasteiger partial charge is 0.330 e. The Balaban J connectivity index is 1.61. The minimum Gasteiger partial charge on any atom is -0.497 e. The van der Waals surface area contributed by atoms with Crippen LogP contribution in [-0.4, -0.2) is 53.0 Å². The maximum absolute atomic E-state index is 12.8. The molecule has 1 N–H and O–H groups in total. The van der Waals surface area contributed by atoms with E-state index in [1.165, 1.54) is 13.1 Å². The maximum atomic E-state index is 12.8. The third kappa shape index (κ3) is 5.78. The highest BCUT2D eigenvalue weighted by atomic mass is 16.7. The number of methoxy groups -OCH3 is 1. The largest absolute Gasteiger partial charge is 0.497 e. The van der Waals surface area contributed by atoms with Crippen molar-refractivity contribution in [1.29, 1.82) is 0 Å². The van der Waals surface area contributed by atoms with Crippen LogP contribution in [0, 0.1) is 29.4 Å². The zero-order chi connectivity index (χ0) is 31.3. The second kappa shape index (κ2) is 13.1. The van der Waals surface area contributed by atoms with Gasteiger partial charge in [0.2, 0.25) is 0 Å². The molecule has 3 aromatic carbocycles. The predicted octanol–water partition coefficient (Wildman–Crippen LogP) is 3.42. The van der Waals surface area contributed by atoms with Crippen molar-refractivity contribution in [3.05, 3.63) is 144 Å². The van der Waals surface area contributed by atoms with E-state index in [-0.39, 0.29) is 18.8 Å². The van der Waals surface area contributed by atoms with Gasteiger partial charge in [-0.1, -0.05) is 78.7 Å². The van der Waals surface area contributed by atoms with Gasteiger partial charge in [0.15, 0.2) is 18.4 Å². The van der Waals surface area contributed by atoms with Crippen molar-refractivity contribution >= 4 is 0 Å². The van der Waals surface area contributed by atoms with E-state index in [0.29, 0.717) is 5.75 Å². The van der Waals surface area contributed by atoms with Crippen molar-refractivity contribution in [2.24, 2.45) is 0 Å². The molecular formula is C33H31N3O8. The highest BCUT2D eigenvalue weighted by Crippen LogP contribution is 2.42. The number of aromatic amines is 1. The predicted molar refractivity (Wildman–Crippen MR) is 161 cm³/mol. The Morgan fingerprint density at radius 2 is 1.59 bits per heavy atom. The second-order valence-corrected chi connectivity index (χ2v) is 10.3. The normalized spacial score (nSPS) is 19.8. The summed E-state index contributed by atoms with van der Waals surface area (Å²) in [5.41, 5.74) is -0.0932. The molecule has 1 aliphatic rings. The number of H-pyrrole nitrogens is 1. The van der Waals surface area contributed by atoms with Crippen LogP contribution in [0.5, 0.6) is 5.75 Å². The summed E-state index contributed by atoms with van der Waals surface area (Å²) < 4.78 is 25.2. The molecule has 44 heavy (non-hydrogen) atoms. The van der Waals surface area contributed by atoms with E-state index in [1.54, 1.807) is 7.11 Å². The van der Waals surface area contributed by atoms with Crippen LogP contribution in [0.2, 0.25) is 0 Å². The molecule has 1 aliphatic heterocycles. The Labute approximate surface area is 253 Å². The minimum atomic E-state index is -1.47. The van der Waals surface area contributed by atoms with E-state index in [9.17, 15) is 19.7 Å². The number of nitrogens with one attached hydrogen (secondary N) is 1. The lowest BCUT2D eigenvalue weighted by Crippen LogP contribution is -2.45. The van der Waals surface area contributed by atoms with Gasteiger partial charge in [0, 0.05) is 16.7 Å². The van der Waals surface area contributed by atoms with Crippen LogP contribution < -0.4 is 16.0 Å². The van der Waals surface area contributed by atoms with Crippen LogP contribution in [0.3, 0.4) is 0 Å². The Morgan fingerprint density at radius 3 is 2.14 bits per heavy atom. The number of benzene rings is 3. The van der Waals surface area contributed by atoms with Gasteiger partial charge in [-0.05, 0) is 35.7 Å². The van der Waals surface area contributed by atoms with Gasteiger partial charge in [0.05, 0.1) is 13.7 Å². The number of hydrogen-bond donors (Lipinski definition) is 1. The molecule has 1 aromatic heterocycles. The Hall–Kier alpha value is -5.02. The summed E-state index contributed by atoms with van der Waals surface area (Å²) in [6.07, 6.45) is 2.99. The van der Waals surface area contributed by atoms with Gasteiger partial charge in [0.1, 0.15) is 18.0 Å². The van der Waals surface area contributed by atoms with Gasteiger partial charge < -0.3 is 18.9 Å². The number of rotatable bonds is 11. The first-order chi connectivity index (χ1) is 21.3. The monoisotopic (exact) mass is 597 g/mol. The summed E-state index contributed by atoms with van der Waals surface area (Å²) in [5.74, 6) is 2.97. The molecule has 0 aliphatic carbocycles. The number of aryl methyl sites for hydroxylation is 1. The summed E-state index contributed by atoms with van der Waals surface area (Å²) in [6.45, 7) is 0.976. The zero-order valence-corrected chi connectivity index (χ0v) is 24.1. The van der Waals surface area contributed by atoms with Crippen molar-refractivity contribution in [3.63, 3.8) is 0 Å². The van der Waals surface area contributed by atoms with Crippen molar-refractivity contribution in [2.45, 2.75) is 37.0 Å². The fourth-order valence-corrected chi connectivity index (χ4v) is 5.56. The molecule has 5 rings (SSSR count). The Bertz CT molecular complexity index is 1710. The fourth-order valence-electron chi connectivity index (χ4n) is 5.56. The van der Waals surface area contributed by atoms with E-state index in [0.717, 1.165) is 21.3 Å². The van der Waals surface area contributed by atoms with Crippen LogP contribution in [0.1, 0.15) is 28.5 Å². The topological polar surface area (TPSA) is 135 Å². The minimum absolute atomic E-state index is 0.216. The van der Waals surface area contributed by atoms with Gasteiger partial charge in [0.25, 0.3) is 11.6 Å². The van der Waals surface area contributed by atoms with E-state index in [2.05, 4.69) is 10.9 Å². The second-order valence-electron chi connectivity index (χ2n) is 10.3. The van der Waals surface area contributed by atoms with Crippen LogP contribution in [-0.2, 0) is 19.8 Å². The van der Waals surface area contributed by atoms with Gasteiger partial charge >= 0.3 is 5.69 Å². The molecule has 0 unspecified atom stereocenters. The molecule has 2 heterocycles. The molecule has 0 radical (unpaired) electrons. The number of ether oxygens (including phenoxy) is 4. The summed E-state index contributed by atoms with van der Waals surface area (Å²) in [4.78, 5) is 39.1. The molecule has 226 valence electrons. The quantitative estimate of drug-likeness (QED) is 0.120. The highest BCUT2D eigenvalue weighted by Gasteiger charge is 2.55. The van der Waals surface area contributed by atoms with E-state index >= 15 is 0 Å². The fraction of sp³-hybridized carbons (Fsp3) is 0.273. The number of nitro groups is 1. The average molecular weight is 598 g/mol. The summed E-state index contributed by atoms with van der Waals surface area (Å²) in [5, 5.41) is 12.6. The molecule has 11 heteroatoms. The molecule has 11 nitrogen and oxygen atoms in total. The van der Waals surface area contributed by atoms with Crippen molar-refractivity contribution < 1.29 is 23.9 Å². The highest BCUT2D eigenvalue weighted by molar-refractivity contribution is 5.48. The average Bonchev–Trinajstić information content (AvgIpc) is 3.41. The zero-order valence-electron chi connectivity index (χ0n) is 24.1. The molecule has 0 saturated carbocycles. The van der Waals surface area contributed by atoms with Gasteiger partial charge in [-0.2, -0.15) is 0 Å². The number of aromatic nitrogens is 2. The summed E-state index contributed by atoms with van der Waals surface area (Å²) in [6, 6.07) is 24.9. The first-order valence-electron chi connectivity index (χ1n) is 13.9. The Morgan fingerprint density at radius 1 is 1.00 bits per heavy atom. The van der Waals surface area contributed by atoms with Crippen molar-refractivity contribution in [3.8, 4) is 18.1 Å². The number of terminal acetylenes is 1. The lowest BCUT2D eigenvalue weighted by atomic mass is 9.80. The number of hydrogen-bond acceptors (Lipinski definition) is 8. The number of nitrogens with zero attached hydrogens (tertiary/aromatic N) is 2. The molecule has 4 aromatic rings. The SMILES string of the molecule is C#CCO[C@@H]1[C@@H]([N+](=O)[O-])[C@@H](COC(c2ccccc2)(c2ccccc2)c2ccc(OC)cc2)O[C@H]1n1cc(C)c(=O)[nH]c1=O. The molecule has 0 bridgehead atoms. The third-order valence-electron chi connectivity index (χ3n) is 7.66. The maximum Gasteiger partial charge on any atom is 0.330 e. The lowest BCUT2D eigenvalue weighted by molar-refractivity contribution is -0.538. The molecule has 4 atom stereocenters. The third-order valence-corrected chi connectivity index (χ3v) is 7.66. The Kier molecular flexibility index (Phi) is 9.06. The van der Waals surface area contributed by atoms with E-state index in [1.807, 2.05) is 84.9 Å². The van der Waals surface area contributed by atoms with Crippen LogP contribution in [0.4, 0.5) is 0 Å². The first kappa shape index (κ1) is 30.4. The summed E-state index contributed by atoms with van der Waals surface area (Å²) in [7, 11) is 1.58. The molecule has 0 spiro atoms. The molecule has 1 fully saturated rings. The summed E-state index contributed by atoms with van der Waals surface area (Å²) >= 11 is 0. The van der Waals surface area contributed by atoms with Gasteiger partial charge in [-0.25, -0.2) is 4.79 Å². The van der Waals surface area contributed by atoms with Crippen molar-refractivity contribution in [2.75, 3.05) is 20.3 Å². The standard InChI is InChI=1S/C33H31N3O8/c1-4-19-42-29-28(36(39)40)27(44-31(29)35-20-22(2)30(37)34-32(35)38)21-43-33(23-11-7-5-8-12-23,24-13-9-6-10-14-24)25-15-17-26(41-3)18-16-25/h1,5-18,20,27-29,31H,19,21H2,2-3H3,(H,34,37,38)/t27-,28+,29-,31-/m1/s1. The van der Waals surface area contributed by atoms with Crippen LogP contribution in [0.25, 0.3) is 0 Å². The molecule has 0 amide bonds. The van der Waals surface area contributed by atoms with E-state index < -0.39 is 46.3 Å². The molecule has 1 saturated heterocycles. The van der Waals surface area contributed by atoms with Crippen LogP contribution in [0.15, 0.2) is 101 Å². The molecular weight excluding hydrogens is 566 g/mol.